The third-order valence-electron chi connectivity index (χ3n) is 4.22. The molecule has 0 saturated heterocycles. The van der Waals surface area contributed by atoms with Gasteiger partial charge < -0.3 is 9.84 Å². The van der Waals surface area contributed by atoms with E-state index in [1.165, 1.54) is 26.9 Å². The number of unbranched alkanes of at least 4 members (excludes halogenated alkanes) is 3. The van der Waals surface area contributed by atoms with Crippen LogP contribution in [0, 0.1) is 11.8 Å². The van der Waals surface area contributed by atoms with E-state index in [9.17, 15) is 19.2 Å². The lowest BCUT2D eigenvalue weighted by atomic mass is 9.89. The number of methoxy groups -OCH3 is 1. The molecular weight excluding hydrogens is 312 g/mol. The molecule has 6 heteroatoms. The lowest BCUT2D eigenvalue weighted by molar-refractivity contribution is -0.141. The Labute approximate surface area is 143 Å². The van der Waals surface area contributed by atoms with Gasteiger partial charge in [-0.15, -0.1) is 0 Å². The summed E-state index contributed by atoms with van der Waals surface area (Å²) in [4.78, 5) is 43.2. The Kier molecular flexibility index (Phi) is 11.8. The predicted molar refractivity (Wildman–Crippen MR) is 89.5 cm³/mol. The number of aliphatic carboxylic acids is 1. The summed E-state index contributed by atoms with van der Waals surface area (Å²) in [6.45, 7) is 3.62. The third kappa shape index (κ3) is 10.1. The highest BCUT2D eigenvalue weighted by Gasteiger charge is 2.35. The summed E-state index contributed by atoms with van der Waals surface area (Å²) in [5.41, 5.74) is 0. The molecule has 1 aliphatic carbocycles. The molecule has 1 saturated carbocycles. The second-order valence-electron chi connectivity index (χ2n) is 6.24. The zero-order valence-electron chi connectivity index (χ0n) is 15.0. The van der Waals surface area contributed by atoms with Gasteiger partial charge in [-0.25, -0.2) is 0 Å². The van der Waals surface area contributed by atoms with Gasteiger partial charge in [0, 0.05) is 31.6 Å². The molecule has 138 valence electrons. The van der Waals surface area contributed by atoms with E-state index in [1.54, 1.807) is 0 Å². The van der Waals surface area contributed by atoms with E-state index in [1.807, 2.05) is 0 Å². The average molecular weight is 342 g/mol. The molecule has 1 N–H and O–H groups in total. The van der Waals surface area contributed by atoms with Gasteiger partial charge >= 0.3 is 11.9 Å². The molecule has 0 aromatic carbocycles. The molecule has 24 heavy (non-hydrogen) atoms. The highest BCUT2D eigenvalue weighted by Crippen LogP contribution is 2.33. The van der Waals surface area contributed by atoms with Crippen LogP contribution >= 0.6 is 0 Å². The van der Waals surface area contributed by atoms with Crippen molar-refractivity contribution < 1.29 is 29.0 Å². The van der Waals surface area contributed by atoms with E-state index in [-0.39, 0.29) is 35.8 Å². The molecule has 1 aliphatic rings. The minimum atomic E-state index is -0.869. The number of ether oxygens (including phenoxy) is 1. The van der Waals surface area contributed by atoms with Crippen molar-refractivity contribution in [1.29, 1.82) is 0 Å². The smallest absolute Gasteiger partial charge is 0.305 e. The summed E-state index contributed by atoms with van der Waals surface area (Å²) in [5.74, 6) is -1.15. The van der Waals surface area contributed by atoms with Crippen molar-refractivity contribution in [3.8, 4) is 0 Å². The van der Waals surface area contributed by atoms with Crippen molar-refractivity contribution in [1.82, 2.24) is 0 Å². The molecule has 0 aromatic rings. The van der Waals surface area contributed by atoms with Crippen molar-refractivity contribution in [2.75, 3.05) is 7.11 Å². The molecule has 0 bridgehead atoms. The molecule has 0 radical (unpaired) electrons. The van der Waals surface area contributed by atoms with Gasteiger partial charge in [0.1, 0.15) is 11.6 Å². The van der Waals surface area contributed by atoms with Gasteiger partial charge in [-0.1, -0.05) is 26.2 Å². The Morgan fingerprint density at radius 2 is 1.79 bits per heavy atom. The Hall–Kier alpha value is -1.72. The van der Waals surface area contributed by atoms with Crippen LogP contribution in [-0.4, -0.2) is 35.7 Å². The quantitative estimate of drug-likeness (QED) is 0.510. The van der Waals surface area contributed by atoms with Gasteiger partial charge in [0.15, 0.2) is 0 Å². The zero-order valence-corrected chi connectivity index (χ0v) is 15.0. The lowest BCUT2D eigenvalue weighted by Crippen LogP contribution is -2.17. The molecule has 0 spiro atoms. The molecule has 1 rings (SSSR count). The molecule has 2 atom stereocenters. The van der Waals surface area contributed by atoms with Gasteiger partial charge in [-0.05, 0) is 25.7 Å². The molecule has 1 fully saturated rings. The minimum absolute atomic E-state index is 0.00578. The third-order valence-corrected chi connectivity index (χ3v) is 4.22. The first-order valence-electron chi connectivity index (χ1n) is 8.62. The van der Waals surface area contributed by atoms with Crippen LogP contribution < -0.4 is 0 Å². The topological polar surface area (TPSA) is 97.7 Å². The second kappa shape index (κ2) is 12.7. The van der Waals surface area contributed by atoms with E-state index in [0.29, 0.717) is 25.7 Å². The van der Waals surface area contributed by atoms with Crippen molar-refractivity contribution in [3.05, 3.63) is 0 Å². The maximum Gasteiger partial charge on any atom is 0.305 e. The summed E-state index contributed by atoms with van der Waals surface area (Å²) in [5, 5.41) is 8.49. The predicted octanol–water partition coefficient (Wildman–Crippen LogP) is 3.17. The molecule has 0 amide bonds. The summed E-state index contributed by atoms with van der Waals surface area (Å²) in [6, 6.07) is 0. The zero-order chi connectivity index (χ0) is 18.5. The monoisotopic (exact) mass is 342 g/mol. The van der Waals surface area contributed by atoms with Crippen LogP contribution in [0.1, 0.15) is 71.6 Å². The highest BCUT2D eigenvalue weighted by atomic mass is 16.5. The van der Waals surface area contributed by atoms with Gasteiger partial charge in [0.2, 0.25) is 0 Å². The largest absolute Gasteiger partial charge is 0.481 e. The fourth-order valence-corrected chi connectivity index (χ4v) is 2.82. The SMILES string of the molecule is CC(=O)C1CC(=O)CC1CCC(=O)O.CCCCCCC(=O)OC. The maximum absolute atomic E-state index is 11.1. The average Bonchev–Trinajstić information content (AvgIpc) is 2.91. The number of hydrogen-bond acceptors (Lipinski definition) is 5. The van der Waals surface area contributed by atoms with Crippen LogP contribution in [0.2, 0.25) is 0 Å². The van der Waals surface area contributed by atoms with Crippen molar-refractivity contribution in [3.63, 3.8) is 0 Å². The number of carboxylic acid groups (broad SMARTS) is 1. The number of carbonyl (C=O) groups excluding carboxylic acids is 3. The highest BCUT2D eigenvalue weighted by molar-refractivity contribution is 5.90. The van der Waals surface area contributed by atoms with E-state index < -0.39 is 5.97 Å². The first kappa shape index (κ1) is 22.3. The van der Waals surface area contributed by atoms with Crippen LogP contribution in [-0.2, 0) is 23.9 Å². The number of esters is 1. The van der Waals surface area contributed by atoms with Crippen molar-refractivity contribution in [2.45, 2.75) is 71.6 Å². The summed E-state index contributed by atoms with van der Waals surface area (Å²) >= 11 is 0. The molecule has 0 heterocycles. The molecule has 0 aliphatic heterocycles. The lowest BCUT2D eigenvalue weighted by Gasteiger charge is -2.14. The normalized spacial score (nSPS) is 19.4. The summed E-state index contributed by atoms with van der Waals surface area (Å²) < 4.78 is 4.49. The van der Waals surface area contributed by atoms with E-state index in [0.717, 1.165) is 12.8 Å². The van der Waals surface area contributed by atoms with E-state index in [2.05, 4.69) is 11.7 Å². The van der Waals surface area contributed by atoms with Crippen LogP contribution in [0.15, 0.2) is 0 Å². The van der Waals surface area contributed by atoms with Gasteiger partial charge in [0.25, 0.3) is 0 Å². The molecule has 2 unspecified atom stereocenters. The summed E-state index contributed by atoms with van der Waals surface area (Å²) in [7, 11) is 1.43. The number of carbonyl (C=O) groups is 4. The summed E-state index contributed by atoms with van der Waals surface area (Å²) in [6.07, 6.45) is 6.28. The van der Waals surface area contributed by atoms with E-state index in [4.69, 9.17) is 5.11 Å². The minimum Gasteiger partial charge on any atom is -0.481 e. The standard InChI is InChI=1S/C10H14O4.C8H16O2/c1-6(11)9-5-8(12)4-7(9)2-3-10(13)14;1-3-4-5-6-7-8(9)10-2/h7,9H,2-5H2,1H3,(H,13,14);3-7H2,1-2H3. The van der Waals surface area contributed by atoms with Gasteiger partial charge in [-0.2, -0.15) is 0 Å². The van der Waals surface area contributed by atoms with E-state index >= 15 is 0 Å². The van der Waals surface area contributed by atoms with Crippen molar-refractivity contribution >= 4 is 23.5 Å². The Bertz CT molecular complexity index is 429. The Morgan fingerprint density at radius 3 is 2.29 bits per heavy atom. The van der Waals surface area contributed by atoms with Gasteiger partial charge in [0.05, 0.1) is 7.11 Å². The first-order valence-corrected chi connectivity index (χ1v) is 8.62. The van der Waals surface area contributed by atoms with Crippen molar-refractivity contribution in [2.24, 2.45) is 11.8 Å². The van der Waals surface area contributed by atoms with Gasteiger partial charge in [-0.3, -0.25) is 19.2 Å². The van der Waals surface area contributed by atoms with Crippen LogP contribution in [0.3, 0.4) is 0 Å². The number of ketones is 2. The van der Waals surface area contributed by atoms with Crippen LogP contribution in [0.4, 0.5) is 0 Å². The second-order valence-corrected chi connectivity index (χ2v) is 6.24. The molecule has 0 aromatic heterocycles. The Morgan fingerprint density at radius 1 is 1.12 bits per heavy atom. The number of carboxylic acids is 1. The molecular formula is C18H30O6. The Balaban J connectivity index is 0.000000470. The number of rotatable bonds is 9. The van der Waals surface area contributed by atoms with Crippen LogP contribution in [0.5, 0.6) is 0 Å². The number of Topliss-reactive ketones (excluding diaryl/α,β-unsaturated/α-hetero) is 2. The number of hydrogen-bond donors (Lipinski definition) is 1. The van der Waals surface area contributed by atoms with Crippen LogP contribution in [0.25, 0.3) is 0 Å². The fraction of sp³-hybridized carbons (Fsp3) is 0.778. The first-order chi connectivity index (χ1) is 11.3. The maximum atomic E-state index is 11.1. The fourth-order valence-electron chi connectivity index (χ4n) is 2.82. The molecule has 6 nitrogen and oxygen atoms in total.